The summed E-state index contributed by atoms with van der Waals surface area (Å²) in [6.07, 6.45) is 2.94. The Balaban J connectivity index is 2.20. The van der Waals surface area contributed by atoms with Crippen molar-refractivity contribution in [2.45, 2.75) is 0 Å². The first-order valence-corrected chi connectivity index (χ1v) is 5.50. The van der Waals surface area contributed by atoms with E-state index in [0.29, 0.717) is 21.3 Å². The van der Waals surface area contributed by atoms with Crippen LogP contribution in [0.15, 0.2) is 35.1 Å². The minimum atomic E-state index is -0.260. The van der Waals surface area contributed by atoms with Gasteiger partial charge in [-0.1, -0.05) is 0 Å². The van der Waals surface area contributed by atoms with E-state index in [2.05, 4.69) is 31.4 Å². The van der Waals surface area contributed by atoms with Gasteiger partial charge in [0.15, 0.2) is 0 Å². The van der Waals surface area contributed by atoms with Crippen molar-refractivity contribution in [2.75, 3.05) is 5.32 Å². The lowest BCUT2D eigenvalue weighted by Gasteiger charge is -2.05. The highest BCUT2D eigenvalue weighted by Gasteiger charge is 2.09. The fourth-order valence-corrected chi connectivity index (χ4v) is 1.73. The van der Waals surface area contributed by atoms with E-state index in [9.17, 15) is 4.79 Å². The molecule has 0 saturated carbocycles. The van der Waals surface area contributed by atoms with E-state index in [-0.39, 0.29) is 5.91 Å². The molecule has 1 amide bonds. The molecule has 1 aromatic heterocycles. The van der Waals surface area contributed by atoms with Gasteiger partial charge in [0.2, 0.25) is 0 Å². The van der Waals surface area contributed by atoms with Crippen LogP contribution in [0.4, 0.5) is 5.69 Å². The number of anilines is 1. The maximum atomic E-state index is 11.7. The highest BCUT2D eigenvalue weighted by molar-refractivity contribution is 9.10. The van der Waals surface area contributed by atoms with Gasteiger partial charge in [0.25, 0.3) is 5.91 Å². The fourth-order valence-electron chi connectivity index (χ4n) is 1.26. The standard InChI is InChI=1S/C11H7BrN4O/c12-9-3-7(4-13)1-2-10(9)16-11(17)8-5-14-15-6-8/h1-3,5-6H,(H,14,15)(H,16,17). The number of carbonyl (C=O) groups excluding carboxylic acids is 1. The number of nitrogens with one attached hydrogen (secondary N) is 2. The maximum Gasteiger partial charge on any atom is 0.258 e. The van der Waals surface area contributed by atoms with Crippen LogP contribution in [0, 0.1) is 11.3 Å². The van der Waals surface area contributed by atoms with E-state index in [4.69, 9.17) is 5.26 Å². The molecule has 0 fully saturated rings. The number of hydrogen-bond acceptors (Lipinski definition) is 3. The third-order valence-corrected chi connectivity index (χ3v) is 2.76. The number of benzene rings is 1. The zero-order valence-corrected chi connectivity index (χ0v) is 10.2. The molecular formula is C11H7BrN4O. The summed E-state index contributed by atoms with van der Waals surface area (Å²) in [5, 5.41) is 17.7. The van der Waals surface area contributed by atoms with Gasteiger partial charge in [0, 0.05) is 10.7 Å². The van der Waals surface area contributed by atoms with Gasteiger partial charge in [0.1, 0.15) is 0 Å². The summed E-state index contributed by atoms with van der Waals surface area (Å²) in [6, 6.07) is 6.96. The number of nitriles is 1. The minimum Gasteiger partial charge on any atom is -0.321 e. The van der Waals surface area contributed by atoms with E-state index in [1.807, 2.05) is 6.07 Å². The average molecular weight is 291 g/mol. The maximum absolute atomic E-state index is 11.7. The smallest absolute Gasteiger partial charge is 0.258 e. The fraction of sp³-hybridized carbons (Fsp3) is 0. The van der Waals surface area contributed by atoms with Crippen molar-refractivity contribution in [3.63, 3.8) is 0 Å². The van der Waals surface area contributed by atoms with Gasteiger partial charge in [0.05, 0.1) is 29.1 Å². The number of amides is 1. The summed E-state index contributed by atoms with van der Waals surface area (Å²) < 4.78 is 0.661. The monoisotopic (exact) mass is 290 g/mol. The van der Waals surface area contributed by atoms with Crippen molar-refractivity contribution in [3.05, 3.63) is 46.2 Å². The predicted molar refractivity (Wildman–Crippen MR) is 65.4 cm³/mol. The van der Waals surface area contributed by atoms with Crippen molar-refractivity contribution < 1.29 is 4.79 Å². The van der Waals surface area contributed by atoms with Crippen molar-refractivity contribution in [1.82, 2.24) is 10.2 Å². The number of carbonyl (C=O) groups is 1. The van der Waals surface area contributed by atoms with E-state index in [1.54, 1.807) is 18.2 Å². The number of H-pyrrole nitrogens is 1. The quantitative estimate of drug-likeness (QED) is 0.890. The molecule has 84 valence electrons. The second-order valence-electron chi connectivity index (χ2n) is 3.25. The molecule has 0 unspecified atom stereocenters. The molecule has 6 heteroatoms. The molecule has 2 aromatic rings. The topological polar surface area (TPSA) is 81.6 Å². The highest BCUT2D eigenvalue weighted by Crippen LogP contribution is 2.23. The Morgan fingerprint density at radius 3 is 2.94 bits per heavy atom. The summed E-state index contributed by atoms with van der Waals surface area (Å²) in [4.78, 5) is 11.7. The van der Waals surface area contributed by atoms with Crippen molar-refractivity contribution in [2.24, 2.45) is 0 Å². The number of aromatic nitrogens is 2. The van der Waals surface area contributed by atoms with Gasteiger partial charge in [-0.15, -0.1) is 0 Å². The molecule has 0 radical (unpaired) electrons. The summed E-state index contributed by atoms with van der Waals surface area (Å²) in [5.74, 6) is -0.260. The third-order valence-electron chi connectivity index (χ3n) is 2.11. The molecule has 0 spiro atoms. The van der Waals surface area contributed by atoms with Crippen LogP contribution in [0.3, 0.4) is 0 Å². The van der Waals surface area contributed by atoms with Gasteiger partial charge < -0.3 is 5.32 Å². The first-order chi connectivity index (χ1) is 8.20. The van der Waals surface area contributed by atoms with Crippen molar-refractivity contribution in [1.29, 1.82) is 5.26 Å². The van der Waals surface area contributed by atoms with Crippen LogP contribution < -0.4 is 5.32 Å². The predicted octanol–water partition coefficient (Wildman–Crippen LogP) is 2.30. The summed E-state index contributed by atoms with van der Waals surface area (Å²) in [5.41, 5.74) is 1.58. The average Bonchev–Trinajstić information content (AvgIpc) is 2.85. The second-order valence-corrected chi connectivity index (χ2v) is 4.10. The summed E-state index contributed by atoms with van der Waals surface area (Å²) in [6.45, 7) is 0. The molecule has 0 atom stereocenters. The number of halogens is 1. The Morgan fingerprint density at radius 2 is 2.35 bits per heavy atom. The van der Waals surface area contributed by atoms with Crippen LogP contribution in [0.25, 0.3) is 0 Å². The zero-order valence-electron chi connectivity index (χ0n) is 8.57. The largest absolute Gasteiger partial charge is 0.321 e. The first-order valence-electron chi connectivity index (χ1n) is 4.70. The molecule has 5 nitrogen and oxygen atoms in total. The number of rotatable bonds is 2. The molecule has 2 N–H and O–H groups in total. The van der Waals surface area contributed by atoms with E-state index >= 15 is 0 Å². The van der Waals surface area contributed by atoms with Gasteiger partial charge in [-0.2, -0.15) is 10.4 Å². The van der Waals surface area contributed by atoms with Crippen LogP contribution in [0.5, 0.6) is 0 Å². The zero-order chi connectivity index (χ0) is 12.3. The molecule has 1 aromatic carbocycles. The molecule has 17 heavy (non-hydrogen) atoms. The summed E-state index contributed by atoms with van der Waals surface area (Å²) in [7, 11) is 0. The second kappa shape index (κ2) is 4.80. The van der Waals surface area contributed by atoms with Crippen LogP contribution in [0.2, 0.25) is 0 Å². The molecule has 0 aliphatic rings. The SMILES string of the molecule is N#Cc1ccc(NC(=O)c2cn[nH]c2)c(Br)c1. The molecule has 0 bridgehead atoms. The van der Waals surface area contributed by atoms with E-state index in [1.165, 1.54) is 12.4 Å². The lowest BCUT2D eigenvalue weighted by atomic mass is 10.2. The van der Waals surface area contributed by atoms with Crippen molar-refractivity contribution >= 4 is 27.5 Å². The van der Waals surface area contributed by atoms with Crippen LogP contribution in [-0.4, -0.2) is 16.1 Å². The van der Waals surface area contributed by atoms with Gasteiger partial charge in [-0.25, -0.2) is 0 Å². The molecular weight excluding hydrogens is 284 g/mol. The Hall–Kier alpha value is -2.13. The number of nitrogens with zero attached hydrogens (tertiary/aromatic N) is 2. The van der Waals surface area contributed by atoms with Crippen molar-refractivity contribution in [3.8, 4) is 6.07 Å². The Bertz CT molecular complexity index is 586. The van der Waals surface area contributed by atoms with Crippen LogP contribution in [0.1, 0.15) is 15.9 Å². The molecule has 0 aliphatic carbocycles. The Kier molecular flexibility index (Phi) is 3.21. The lowest BCUT2D eigenvalue weighted by molar-refractivity contribution is 0.102. The first kappa shape index (κ1) is 11.4. The molecule has 2 rings (SSSR count). The third kappa shape index (κ3) is 2.52. The molecule has 0 aliphatic heterocycles. The van der Waals surface area contributed by atoms with E-state index in [0.717, 1.165) is 0 Å². The number of aromatic amines is 1. The molecule has 0 saturated heterocycles. The van der Waals surface area contributed by atoms with Gasteiger partial charge in [-0.3, -0.25) is 9.89 Å². The highest BCUT2D eigenvalue weighted by atomic mass is 79.9. The lowest BCUT2D eigenvalue weighted by Crippen LogP contribution is -2.11. The number of hydrogen-bond donors (Lipinski definition) is 2. The minimum absolute atomic E-state index is 0.260. The van der Waals surface area contributed by atoms with Crippen LogP contribution in [-0.2, 0) is 0 Å². The normalized spacial score (nSPS) is 9.65. The van der Waals surface area contributed by atoms with Gasteiger partial charge in [-0.05, 0) is 34.1 Å². The molecule has 1 heterocycles. The Labute approximate surface area is 106 Å². The van der Waals surface area contributed by atoms with E-state index < -0.39 is 0 Å². The summed E-state index contributed by atoms with van der Waals surface area (Å²) >= 11 is 3.29. The Morgan fingerprint density at radius 1 is 1.53 bits per heavy atom. The van der Waals surface area contributed by atoms with Gasteiger partial charge >= 0.3 is 0 Å². The van der Waals surface area contributed by atoms with Crippen LogP contribution >= 0.6 is 15.9 Å².